The largest absolute Gasteiger partial charge is 0.493 e. The second-order valence-corrected chi connectivity index (χ2v) is 5.52. The number of rotatable bonds is 3. The van der Waals surface area contributed by atoms with Gasteiger partial charge in [0.1, 0.15) is 6.07 Å². The van der Waals surface area contributed by atoms with Gasteiger partial charge in [0.25, 0.3) is 0 Å². The molecule has 0 aliphatic carbocycles. The fourth-order valence-corrected chi connectivity index (χ4v) is 3.48. The van der Waals surface area contributed by atoms with Gasteiger partial charge in [-0.1, -0.05) is 6.92 Å². The molecule has 0 atom stereocenters. The van der Waals surface area contributed by atoms with Crippen LogP contribution in [0, 0.1) is 18.3 Å². The van der Waals surface area contributed by atoms with Crippen LogP contribution in [-0.2, 0) is 19.4 Å². The molecule has 1 aromatic carbocycles. The molecule has 4 heteroatoms. The van der Waals surface area contributed by atoms with Crippen LogP contribution in [0.4, 0.5) is 0 Å². The summed E-state index contributed by atoms with van der Waals surface area (Å²) in [5.74, 6) is 1.45. The van der Waals surface area contributed by atoms with Gasteiger partial charge < -0.3 is 14.0 Å². The van der Waals surface area contributed by atoms with Gasteiger partial charge in [-0.15, -0.1) is 0 Å². The second-order valence-electron chi connectivity index (χ2n) is 5.52. The molecule has 22 heavy (non-hydrogen) atoms. The first-order valence-corrected chi connectivity index (χ1v) is 7.53. The summed E-state index contributed by atoms with van der Waals surface area (Å²) in [7, 11) is 3.29. The summed E-state index contributed by atoms with van der Waals surface area (Å²) in [5, 5.41) is 9.65. The summed E-state index contributed by atoms with van der Waals surface area (Å²) in [4.78, 5) is 0. The van der Waals surface area contributed by atoms with Crippen LogP contribution in [0.5, 0.6) is 11.5 Å². The zero-order valence-electron chi connectivity index (χ0n) is 13.5. The zero-order chi connectivity index (χ0) is 15.9. The Morgan fingerprint density at radius 3 is 2.50 bits per heavy atom. The molecular formula is C18H20N2O2. The Morgan fingerprint density at radius 1 is 1.23 bits per heavy atom. The molecule has 2 heterocycles. The van der Waals surface area contributed by atoms with Crippen LogP contribution < -0.4 is 9.47 Å². The van der Waals surface area contributed by atoms with E-state index in [1.54, 1.807) is 14.2 Å². The van der Waals surface area contributed by atoms with Crippen LogP contribution in [0.3, 0.4) is 0 Å². The molecule has 1 aromatic heterocycles. The van der Waals surface area contributed by atoms with Gasteiger partial charge in [0, 0.05) is 17.8 Å². The minimum Gasteiger partial charge on any atom is -0.493 e. The molecule has 0 amide bonds. The van der Waals surface area contributed by atoms with Gasteiger partial charge >= 0.3 is 0 Å². The lowest BCUT2D eigenvalue weighted by Crippen LogP contribution is -2.12. The number of nitriles is 1. The maximum atomic E-state index is 9.65. The van der Waals surface area contributed by atoms with Gasteiger partial charge in [-0.3, -0.25) is 0 Å². The van der Waals surface area contributed by atoms with Gasteiger partial charge in [0.15, 0.2) is 11.5 Å². The summed E-state index contributed by atoms with van der Waals surface area (Å²) in [6.45, 7) is 5.11. The molecule has 4 nitrogen and oxygen atoms in total. The van der Waals surface area contributed by atoms with Crippen molar-refractivity contribution >= 4 is 0 Å². The fourth-order valence-electron chi connectivity index (χ4n) is 3.48. The highest BCUT2D eigenvalue weighted by atomic mass is 16.5. The first-order valence-electron chi connectivity index (χ1n) is 7.53. The second kappa shape index (κ2) is 5.42. The molecule has 0 saturated heterocycles. The van der Waals surface area contributed by atoms with E-state index in [9.17, 15) is 5.26 Å². The van der Waals surface area contributed by atoms with Crippen molar-refractivity contribution in [3.8, 4) is 28.8 Å². The van der Waals surface area contributed by atoms with E-state index in [2.05, 4.69) is 24.5 Å². The van der Waals surface area contributed by atoms with Crippen LogP contribution in [-0.4, -0.2) is 18.8 Å². The van der Waals surface area contributed by atoms with Crippen molar-refractivity contribution in [2.75, 3.05) is 14.2 Å². The number of ether oxygens (including phenoxy) is 2. The maximum absolute atomic E-state index is 9.65. The number of hydrogen-bond acceptors (Lipinski definition) is 3. The summed E-state index contributed by atoms with van der Waals surface area (Å²) in [6.07, 6.45) is 1.81. The number of hydrogen-bond donors (Lipinski definition) is 0. The third-order valence-electron chi connectivity index (χ3n) is 4.58. The van der Waals surface area contributed by atoms with E-state index in [1.165, 1.54) is 11.3 Å². The quantitative estimate of drug-likeness (QED) is 0.871. The number of aromatic nitrogens is 1. The monoisotopic (exact) mass is 296 g/mol. The van der Waals surface area contributed by atoms with Crippen molar-refractivity contribution in [1.82, 2.24) is 4.57 Å². The minimum atomic E-state index is 0.704. The Hall–Kier alpha value is -2.41. The van der Waals surface area contributed by atoms with Gasteiger partial charge in [0.2, 0.25) is 0 Å². The van der Waals surface area contributed by atoms with Crippen molar-refractivity contribution in [1.29, 1.82) is 5.26 Å². The Balaban J connectivity index is 2.32. The van der Waals surface area contributed by atoms with Crippen LogP contribution >= 0.6 is 0 Å². The van der Waals surface area contributed by atoms with Crippen LogP contribution in [0.15, 0.2) is 12.1 Å². The normalized spacial score (nSPS) is 12.3. The molecule has 0 fully saturated rings. The lowest BCUT2D eigenvalue weighted by atomic mass is 9.95. The predicted molar refractivity (Wildman–Crippen MR) is 85.5 cm³/mol. The summed E-state index contributed by atoms with van der Waals surface area (Å²) in [5.41, 5.74) is 6.48. The smallest absolute Gasteiger partial charge is 0.161 e. The lowest BCUT2D eigenvalue weighted by molar-refractivity contribution is 0.354. The first-order chi connectivity index (χ1) is 10.7. The topological polar surface area (TPSA) is 47.2 Å². The molecule has 2 aromatic rings. The molecule has 1 aliphatic heterocycles. The highest BCUT2D eigenvalue weighted by Gasteiger charge is 2.26. The third kappa shape index (κ3) is 1.89. The van der Waals surface area contributed by atoms with Gasteiger partial charge in [-0.05, 0) is 43.0 Å². The third-order valence-corrected chi connectivity index (χ3v) is 4.58. The van der Waals surface area contributed by atoms with E-state index in [4.69, 9.17) is 9.47 Å². The molecule has 1 aliphatic rings. The summed E-state index contributed by atoms with van der Waals surface area (Å²) < 4.78 is 13.1. The van der Waals surface area contributed by atoms with E-state index in [0.29, 0.717) is 5.75 Å². The lowest BCUT2D eigenvalue weighted by Gasteiger charge is -2.22. The SMILES string of the molecule is CCc1c(C#N)c2n(c1C)CCc1cc(OC)c(OC)cc1-2. The number of aryl methyl sites for hydroxylation is 1. The van der Waals surface area contributed by atoms with Crippen LogP contribution in [0.2, 0.25) is 0 Å². The van der Waals surface area contributed by atoms with E-state index < -0.39 is 0 Å². The molecule has 0 N–H and O–H groups in total. The Morgan fingerprint density at radius 2 is 1.91 bits per heavy atom. The zero-order valence-corrected chi connectivity index (χ0v) is 13.5. The average molecular weight is 296 g/mol. The van der Waals surface area contributed by atoms with E-state index >= 15 is 0 Å². The van der Waals surface area contributed by atoms with Gasteiger partial charge in [0.05, 0.1) is 25.5 Å². The summed E-state index contributed by atoms with van der Waals surface area (Å²) >= 11 is 0. The van der Waals surface area contributed by atoms with Crippen LogP contribution in [0.25, 0.3) is 11.3 Å². The molecule has 0 spiro atoms. The van der Waals surface area contributed by atoms with Gasteiger partial charge in [-0.2, -0.15) is 5.26 Å². The van der Waals surface area contributed by atoms with Crippen molar-refractivity contribution < 1.29 is 9.47 Å². The van der Waals surface area contributed by atoms with E-state index in [0.717, 1.165) is 47.5 Å². The van der Waals surface area contributed by atoms with Crippen molar-refractivity contribution in [2.45, 2.75) is 33.2 Å². The number of benzene rings is 1. The minimum absolute atomic E-state index is 0.704. The Bertz CT molecular complexity index is 782. The Labute approximate surface area is 130 Å². The Kier molecular flexibility index (Phi) is 3.58. The van der Waals surface area contributed by atoms with Crippen LogP contribution in [0.1, 0.15) is 29.3 Å². The number of fused-ring (bicyclic) bond motifs is 3. The van der Waals surface area contributed by atoms with Gasteiger partial charge in [-0.25, -0.2) is 0 Å². The number of methoxy groups -OCH3 is 2. The molecular weight excluding hydrogens is 276 g/mol. The molecule has 0 bridgehead atoms. The predicted octanol–water partition coefficient (Wildman–Crippen LogP) is 3.47. The maximum Gasteiger partial charge on any atom is 0.161 e. The highest BCUT2D eigenvalue weighted by molar-refractivity contribution is 5.77. The van der Waals surface area contributed by atoms with Crippen molar-refractivity contribution in [3.05, 3.63) is 34.5 Å². The average Bonchev–Trinajstić information content (AvgIpc) is 2.84. The highest BCUT2D eigenvalue weighted by Crippen LogP contribution is 2.42. The molecule has 3 rings (SSSR count). The van der Waals surface area contributed by atoms with E-state index in [-0.39, 0.29) is 0 Å². The fraction of sp³-hybridized carbons (Fsp3) is 0.389. The summed E-state index contributed by atoms with van der Waals surface area (Å²) in [6, 6.07) is 6.44. The number of nitrogens with zero attached hydrogens (tertiary/aromatic N) is 2. The molecule has 114 valence electrons. The van der Waals surface area contributed by atoms with Crippen molar-refractivity contribution in [3.63, 3.8) is 0 Å². The molecule has 0 radical (unpaired) electrons. The standard InChI is InChI=1S/C18H20N2O2/c1-5-13-11(2)20-7-6-12-8-16(21-3)17(22-4)9-14(12)18(20)15(13)10-19/h8-9H,5-7H2,1-4H3. The molecule has 0 saturated carbocycles. The first kappa shape index (κ1) is 14.5. The molecule has 0 unspecified atom stereocenters. The van der Waals surface area contributed by atoms with Crippen molar-refractivity contribution in [2.24, 2.45) is 0 Å². The van der Waals surface area contributed by atoms with E-state index in [1.807, 2.05) is 12.1 Å².